The van der Waals surface area contributed by atoms with Gasteiger partial charge in [-0.3, -0.25) is 0 Å². The Balaban J connectivity index is 1.89. The van der Waals surface area contributed by atoms with E-state index in [1.165, 1.54) is 12.0 Å². The molecule has 1 aromatic heterocycles. The Morgan fingerprint density at radius 2 is 1.57 bits per heavy atom. The SMILES string of the molecule is CCc1c(C)nc(OCc2ccccc2)c(CC)c1OC1C[C@@H](C)C[C@@H](C)C1. The van der Waals surface area contributed by atoms with Crippen LogP contribution in [0.25, 0.3) is 0 Å². The minimum atomic E-state index is 0.290. The Hall–Kier alpha value is -2.03. The summed E-state index contributed by atoms with van der Waals surface area (Å²) in [6.45, 7) is 11.7. The van der Waals surface area contributed by atoms with E-state index in [4.69, 9.17) is 14.5 Å². The number of nitrogens with zero attached hydrogens (tertiary/aromatic N) is 1. The van der Waals surface area contributed by atoms with Gasteiger partial charge in [0.15, 0.2) is 0 Å². The molecule has 28 heavy (non-hydrogen) atoms. The number of ether oxygens (including phenoxy) is 2. The molecule has 152 valence electrons. The normalized spacial score (nSPS) is 22.1. The second kappa shape index (κ2) is 9.45. The summed E-state index contributed by atoms with van der Waals surface area (Å²) >= 11 is 0. The first-order valence-corrected chi connectivity index (χ1v) is 10.9. The van der Waals surface area contributed by atoms with Crippen molar-refractivity contribution in [3.8, 4) is 11.6 Å². The molecule has 3 rings (SSSR count). The fourth-order valence-corrected chi connectivity index (χ4v) is 4.58. The van der Waals surface area contributed by atoms with Gasteiger partial charge in [-0.2, -0.15) is 0 Å². The molecule has 2 aromatic rings. The molecule has 1 aliphatic rings. The van der Waals surface area contributed by atoms with Crippen LogP contribution in [0.15, 0.2) is 30.3 Å². The molecule has 0 bridgehead atoms. The van der Waals surface area contributed by atoms with E-state index in [9.17, 15) is 0 Å². The number of hydrogen-bond donors (Lipinski definition) is 0. The van der Waals surface area contributed by atoms with Crippen molar-refractivity contribution in [3.05, 3.63) is 52.7 Å². The zero-order valence-corrected chi connectivity index (χ0v) is 18.1. The Labute approximate surface area is 170 Å². The van der Waals surface area contributed by atoms with Crippen LogP contribution in [-0.4, -0.2) is 11.1 Å². The van der Waals surface area contributed by atoms with Crippen molar-refractivity contribution in [1.29, 1.82) is 0 Å². The molecule has 1 aliphatic carbocycles. The summed E-state index contributed by atoms with van der Waals surface area (Å²) in [6.07, 6.45) is 5.66. The third-order valence-corrected chi connectivity index (χ3v) is 5.86. The molecule has 3 nitrogen and oxygen atoms in total. The summed E-state index contributed by atoms with van der Waals surface area (Å²) in [6, 6.07) is 10.3. The van der Waals surface area contributed by atoms with Crippen LogP contribution in [0.1, 0.15) is 69.3 Å². The first-order chi connectivity index (χ1) is 13.5. The van der Waals surface area contributed by atoms with E-state index in [0.29, 0.717) is 6.61 Å². The summed E-state index contributed by atoms with van der Waals surface area (Å²) in [5.41, 5.74) is 4.52. The van der Waals surface area contributed by atoms with Crippen LogP contribution < -0.4 is 9.47 Å². The van der Waals surface area contributed by atoms with E-state index >= 15 is 0 Å². The van der Waals surface area contributed by atoms with Crippen molar-refractivity contribution in [2.24, 2.45) is 11.8 Å². The van der Waals surface area contributed by atoms with Crippen LogP contribution in [0, 0.1) is 18.8 Å². The standard InChI is InChI=1S/C25H35NO2/c1-6-22-19(5)26-25(27-16-20-11-9-8-10-12-20)23(7-2)24(22)28-21-14-17(3)13-18(4)15-21/h8-12,17-18,21H,6-7,13-16H2,1-5H3/t17-,18+,21?. The van der Waals surface area contributed by atoms with Gasteiger partial charge in [0.1, 0.15) is 12.4 Å². The van der Waals surface area contributed by atoms with E-state index in [1.54, 1.807) is 0 Å². The molecule has 1 saturated carbocycles. The van der Waals surface area contributed by atoms with Crippen molar-refractivity contribution in [2.45, 2.75) is 79.4 Å². The van der Waals surface area contributed by atoms with Gasteiger partial charge in [0, 0.05) is 11.3 Å². The average Bonchev–Trinajstić information content (AvgIpc) is 2.66. The van der Waals surface area contributed by atoms with E-state index in [1.807, 2.05) is 18.2 Å². The first-order valence-electron chi connectivity index (χ1n) is 10.9. The molecule has 1 aromatic carbocycles. The second-order valence-corrected chi connectivity index (χ2v) is 8.43. The van der Waals surface area contributed by atoms with Crippen molar-refractivity contribution >= 4 is 0 Å². The number of rotatable bonds is 7. The van der Waals surface area contributed by atoms with Gasteiger partial charge in [0.25, 0.3) is 0 Å². The molecular formula is C25H35NO2. The molecule has 1 unspecified atom stereocenters. The Morgan fingerprint density at radius 1 is 0.929 bits per heavy atom. The van der Waals surface area contributed by atoms with Gasteiger partial charge < -0.3 is 9.47 Å². The molecule has 1 fully saturated rings. The Kier molecular flexibility index (Phi) is 6.98. The predicted molar refractivity (Wildman–Crippen MR) is 115 cm³/mol. The van der Waals surface area contributed by atoms with Gasteiger partial charge in [0.2, 0.25) is 5.88 Å². The van der Waals surface area contributed by atoms with Gasteiger partial charge in [-0.15, -0.1) is 0 Å². The Morgan fingerprint density at radius 3 is 2.18 bits per heavy atom. The molecule has 3 heteroatoms. The number of hydrogen-bond acceptors (Lipinski definition) is 3. The second-order valence-electron chi connectivity index (χ2n) is 8.43. The van der Waals surface area contributed by atoms with Crippen molar-refractivity contribution in [3.63, 3.8) is 0 Å². The molecule has 3 atom stereocenters. The number of pyridine rings is 1. The maximum atomic E-state index is 6.69. The van der Waals surface area contributed by atoms with E-state index < -0.39 is 0 Å². The van der Waals surface area contributed by atoms with Gasteiger partial charge in [0.05, 0.1) is 11.7 Å². The molecule has 0 N–H and O–H groups in total. The summed E-state index contributed by atoms with van der Waals surface area (Å²) < 4.78 is 12.9. The minimum Gasteiger partial charge on any atom is -0.490 e. The number of benzene rings is 1. The van der Waals surface area contributed by atoms with Crippen molar-refractivity contribution < 1.29 is 9.47 Å². The van der Waals surface area contributed by atoms with Crippen LogP contribution in [0.4, 0.5) is 0 Å². The smallest absolute Gasteiger partial charge is 0.220 e. The lowest BCUT2D eigenvalue weighted by atomic mass is 9.81. The van der Waals surface area contributed by atoms with Gasteiger partial charge in [-0.05, 0) is 56.4 Å². The predicted octanol–water partition coefficient (Wildman–Crippen LogP) is 6.30. The maximum Gasteiger partial charge on any atom is 0.220 e. The number of aromatic nitrogens is 1. The van der Waals surface area contributed by atoms with Crippen LogP contribution >= 0.6 is 0 Å². The van der Waals surface area contributed by atoms with Crippen LogP contribution in [0.3, 0.4) is 0 Å². The zero-order chi connectivity index (χ0) is 20.1. The summed E-state index contributed by atoms with van der Waals surface area (Å²) in [5, 5.41) is 0. The fraction of sp³-hybridized carbons (Fsp3) is 0.560. The molecule has 0 radical (unpaired) electrons. The highest BCUT2D eigenvalue weighted by Crippen LogP contribution is 2.38. The highest BCUT2D eigenvalue weighted by Gasteiger charge is 2.28. The topological polar surface area (TPSA) is 31.4 Å². The first kappa shape index (κ1) is 20.7. The summed E-state index contributed by atoms with van der Waals surface area (Å²) in [4.78, 5) is 4.81. The highest BCUT2D eigenvalue weighted by atomic mass is 16.5. The van der Waals surface area contributed by atoms with E-state index in [-0.39, 0.29) is 6.10 Å². The molecule has 0 aliphatic heterocycles. The summed E-state index contributed by atoms with van der Waals surface area (Å²) in [7, 11) is 0. The maximum absolute atomic E-state index is 6.69. The quantitative estimate of drug-likeness (QED) is 0.564. The molecule has 0 spiro atoms. The Bertz CT molecular complexity index is 762. The minimum absolute atomic E-state index is 0.290. The summed E-state index contributed by atoms with van der Waals surface area (Å²) in [5.74, 6) is 3.21. The lowest BCUT2D eigenvalue weighted by Gasteiger charge is -2.33. The fourth-order valence-electron chi connectivity index (χ4n) is 4.58. The van der Waals surface area contributed by atoms with Crippen LogP contribution in [0.5, 0.6) is 11.6 Å². The van der Waals surface area contributed by atoms with E-state index in [0.717, 1.165) is 66.0 Å². The lowest BCUT2D eigenvalue weighted by Crippen LogP contribution is -2.29. The highest BCUT2D eigenvalue weighted by molar-refractivity contribution is 5.49. The molecule has 1 heterocycles. The monoisotopic (exact) mass is 381 g/mol. The average molecular weight is 382 g/mol. The third kappa shape index (κ3) is 4.87. The molecule has 0 saturated heterocycles. The van der Waals surface area contributed by atoms with Crippen molar-refractivity contribution in [2.75, 3.05) is 0 Å². The molecule has 0 amide bonds. The van der Waals surface area contributed by atoms with Gasteiger partial charge in [-0.1, -0.05) is 58.0 Å². The van der Waals surface area contributed by atoms with Crippen molar-refractivity contribution in [1.82, 2.24) is 4.98 Å². The van der Waals surface area contributed by atoms with E-state index in [2.05, 4.69) is 46.8 Å². The lowest BCUT2D eigenvalue weighted by molar-refractivity contribution is 0.0984. The van der Waals surface area contributed by atoms with Gasteiger partial charge in [-0.25, -0.2) is 4.98 Å². The molecular weight excluding hydrogens is 346 g/mol. The third-order valence-electron chi connectivity index (χ3n) is 5.86. The largest absolute Gasteiger partial charge is 0.490 e. The number of aryl methyl sites for hydroxylation is 1. The van der Waals surface area contributed by atoms with Crippen LogP contribution in [0.2, 0.25) is 0 Å². The van der Waals surface area contributed by atoms with Crippen LogP contribution in [-0.2, 0) is 19.4 Å². The zero-order valence-electron chi connectivity index (χ0n) is 18.1. The van der Waals surface area contributed by atoms with Gasteiger partial charge >= 0.3 is 0 Å².